The van der Waals surface area contributed by atoms with Gasteiger partial charge in [-0.1, -0.05) is 30.3 Å². The van der Waals surface area contributed by atoms with E-state index in [1.165, 1.54) is 0 Å². The van der Waals surface area contributed by atoms with Gasteiger partial charge in [-0.05, 0) is 19.0 Å². The summed E-state index contributed by atoms with van der Waals surface area (Å²) in [5, 5.41) is 11.3. The lowest BCUT2D eigenvalue weighted by atomic mass is 10.1. The topological polar surface area (TPSA) is 85.1 Å². The minimum atomic E-state index is -2.96. The van der Waals surface area contributed by atoms with Crippen LogP contribution in [0.4, 0.5) is 0 Å². The normalized spacial score (nSPS) is 22.2. The summed E-state index contributed by atoms with van der Waals surface area (Å²) in [5.74, 6) is 1.00. The first kappa shape index (κ1) is 14.2. The van der Waals surface area contributed by atoms with Crippen LogP contribution in [0.15, 0.2) is 34.7 Å². The molecule has 1 fully saturated rings. The highest BCUT2D eigenvalue weighted by atomic mass is 32.2. The Kier molecular flexibility index (Phi) is 3.77. The van der Waals surface area contributed by atoms with Crippen LogP contribution >= 0.6 is 0 Å². The summed E-state index contributed by atoms with van der Waals surface area (Å²) in [5.41, 5.74) is 1.02. The fraction of sp³-hybridized carbons (Fsp3) is 0.429. The van der Waals surface area contributed by atoms with Gasteiger partial charge in [-0.15, -0.1) is 10.2 Å². The summed E-state index contributed by atoms with van der Waals surface area (Å²) >= 11 is 0. The molecule has 1 aliphatic heterocycles. The summed E-state index contributed by atoms with van der Waals surface area (Å²) in [6.07, 6.45) is 0.555. The van der Waals surface area contributed by atoms with Gasteiger partial charge in [0, 0.05) is 0 Å². The van der Waals surface area contributed by atoms with Crippen molar-refractivity contribution in [3.8, 4) is 0 Å². The molecule has 21 heavy (non-hydrogen) atoms. The predicted molar refractivity (Wildman–Crippen MR) is 77.7 cm³/mol. The Bertz CT molecular complexity index is 712. The maximum absolute atomic E-state index is 11.5. The fourth-order valence-electron chi connectivity index (χ4n) is 2.60. The highest BCUT2D eigenvalue weighted by molar-refractivity contribution is 7.91. The van der Waals surface area contributed by atoms with Crippen molar-refractivity contribution in [1.82, 2.24) is 15.5 Å². The van der Waals surface area contributed by atoms with E-state index in [-0.39, 0.29) is 23.5 Å². The molecule has 0 bridgehead atoms. The first-order valence-corrected chi connectivity index (χ1v) is 8.67. The molecule has 0 saturated carbocycles. The average Bonchev–Trinajstić information content (AvgIpc) is 3.08. The van der Waals surface area contributed by atoms with Crippen molar-refractivity contribution in [3.63, 3.8) is 0 Å². The van der Waals surface area contributed by atoms with Crippen molar-refractivity contribution in [3.05, 3.63) is 47.7 Å². The van der Waals surface area contributed by atoms with Crippen LogP contribution in [0.1, 0.15) is 35.7 Å². The van der Waals surface area contributed by atoms with Crippen molar-refractivity contribution in [2.24, 2.45) is 0 Å². The monoisotopic (exact) mass is 307 g/mol. The van der Waals surface area contributed by atoms with Crippen LogP contribution in [0.2, 0.25) is 0 Å². The van der Waals surface area contributed by atoms with Gasteiger partial charge in [0.2, 0.25) is 11.8 Å². The Morgan fingerprint density at radius 2 is 2.05 bits per heavy atom. The second kappa shape index (κ2) is 5.57. The van der Waals surface area contributed by atoms with Crippen molar-refractivity contribution in [2.45, 2.75) is 18.4 Å². The first-order valence-electron chi connectivity index (χ1n) is 6.85. The lowest BCUT2D eigenvalue weighted by Gasteiger charge is -2.11. The van der Waals surface area contributed by atoms with Crippen molar-refractivity contribution < 1.29 is 12.8 Å². The van der Waals surface area contributed by atoms with Gasteiger partial charge < -0.3 is 9.73 Å². The first-order chi connectivity index (χ1) is 10.1. The molecule has 7 heteroatoms. The van der Waals surface area contributed by atoms with Gasteiger partial charge >= 0.3 is 0 Å². The second-order valence-corrected chi connectivity index (χ2v) is 7.44. The highest BCUT2D eigenvalue weighted by Crippen LogP contribution is 2.29. The fourth-order valence-corrected chi connectivity index (χ4v) is 4.33. The van der Waals surface area contributed by atoms with E-state index in [9.17, 15) is 8.42 Å². The van der Waals surface area contributed by atoms with Crippen molar-refractivity contribution in [2.75, 3.05) is 18.6 Å². The molecule has 1 aromatic carbocycles. The number of rotatable bonds is 4. The van der Waals surface area contributed by atoms with E-state index in [1.807, 2.05) is 37.4 Å². The van der Waals surface area contributed by atoms with Crippen LogP contribution < -0.4 is 5.32 Å². The molecule has 2 aromatic rings. The standard InChI is InChI=1S/C14H17N3O3S/c1-15-12(10-5-3-2-4-6-10)14-17-16-13(20-14)11-7-8-21(18,19)9-11/h2-6,11-12,15H,7-9H2,1H3. The lowest BCUT2D eigenvalue weighted by Crippen LogP contribution is -2.17. The predicted octanol–water partition coefficient (Wildman–Crippen LogP) is 1.28. The molecule has 112 valence electrons. The van der Waals surface area contributed by atoms with Gasteiger partial charge in [0.05, 0.1) is 17.4 Å². The molecular weight excluding hydrogens is 290 g/mol. The molecule has 1 N–H and O–H groups in total. The summed E-state index contributed by atoms with van der Waals surface area (Å²) in [6, 6.07) is 9.60. The van der Waals surface area contributed by atoms with E-state index in [0.29, 0.717) is 18.2 Å². The summed E-state index contributed by atoms with van der Waals surface area (Å²) in [7, 11) is -1.13. The number of aromatic nitrogens is 2. The summed E-state index contributed by atoms with van der Waals surface area (Å²) < 4.78 is 28.8. The van der Waals surface area contributed by atoms with Crippen LogP contribution in [-0.2, 0) is 9.84 Å². The van der Waals surface area contributed by atoms with E-state index in [0.717, 1.165) is 5.56 Å². The van der Waals surface area contributed by atoms with Gasteiger partial charge in [0.15, 0.2) is 9.84 Å². The molecule has 2 heterocycles. The Balaban J connectivity index is 1.84. The molecule has 1 saturated heterocycles. The van der Waals surface area contributed by atoms with E-state index in [2.05, 4.69) is 15.5 Å². The Morgan fingerprint density at radius 1 is 1.29 bits per heavy atom. The molecular formula is C14H17N3O3S. The van der Waals surface area contributed by atoms with Gasteiger partial charge in [0.25, 0.3) is 0 Å². The molecule has 1 aliphatic rings. The van der Waals surface area contributed by atoms with Gasteiger partial charge in [-0.25, -0.2) is 8.42 Å². The molecule has 0 aliphatic carbocycles. The van der Waals surface area contributed by atoms with Gasteiger partial charge in [-0.3, -0.25) is 0 Å². The SMILES string of the molecule is CNC(c1ccccc1)c1nnc(C2CCS(=O)(=O)C2)o1. The van der Waals surface area contributed by atoms with Crippen molar-refractivity contribution >= 4 is 9.84 Å². The smallest absolute Gasteiger partial charge is 0.237 e. The maximum Gasteiger partial charge on any atom is 0.237 e. The highest BCUT2D eigenvalue weighted by Gasteiger charge is 2.33. The Labute approximate surface area is 123 Å². The van der Waals surface area contributed by atoms with Crippen LogP contribution in [0.5, 0.6) is 0 Å². The average molecular weight is 307 g/mol. The minimum absolute atomic E-state index is 0.101. The minimum Gasteiger partial charge on any atom is -0.423 e. The maximum atomic E-state index is 11.5. The third-order valence-electron chi connectivity index (χ3n) is 3.71. The lowest BCUT2D eigenvalue weighted by molar-refractivity contribution is 0.398. The van der Waals surface area contributed by atoms with E-state index < -0.39 is 9.84 Å². The molecule has 2 atom stereocenters. The Morgan fingerprint density at radius 3 is 2.67 bits per heavy atom. The molecule has 2 unspecified atom stereocenters. The van der Waals surface area contributed by atoms with E-state index >= 15 is 0 Å². The van der Waals surface area contributed by atoms with E-state index in [1.54, 1.807) is 0 Å². The zero-order valence-corrected chi connectivity index (χ0v) is 12.5. The zero-order valence-electron chi connectivity index (χ0n) is 11.7. The number of hydrogen-bond acceptors (Lipinski definition) is 6. The van der Waals surface area contributed by atoms with Crippen LogP contribution in [0.25, 0.3) is 0 Å². The third-order valence-corrected chi connectivity index (χ3v) is 5.47. The second-order valence-electron chi connectivity index (χ2n) is 5.21. The summed E-state index contributed by atoms with van der Waals surface area (Å²) in [4.78, 5) is 0. The zero-order chi connectivity index (χ0) is 14.9. The van der Waals surface area contributed by atoms with E-state index in [4.69, 9.17) is 4.42 Å². The molecule has 1 aromatic heterocycles. The number of nitrogens with zero attached hydrogens (tertiary/aromatic N) is 2. The number of nitrogens with one attached hydrogen (secondary N) is 1. The van der Waals surface area contributed by atoms with Crippen molar-refractivity contribution in [1.29, 1.82) is 0 Å². The molecule has 0 spiro atoms. The molecule has 6 nitrogen and oxygen atoms in total. The molecule has 0 amide bonds. The van der Waals surface area contributed by atoms with Crippen LogP contribution in [0.3, 0.4) is 0 Å². The quantitative estimate of drug-likeness (QED) is 0.916. The Hall–Kier alpha value is -1.73. The largest absolute Gasteiger partial charge is 0.423 e. The third kappa shape index (κ3) is 2.98. The van der Waals surface area contributed by atoms with Gasteiger partial charge in [0.1, 0.15) is 6.04 Å². The summed E-state index contributed by atoms with van der Waals surface area (Å²) in [6.45, 7) is 0. The number of hydrogen-bond donors (Lipinski definition) is 1. The van der Waals surface area contributed by atoms with Crippen LogP contribution in [-0.4, -0.2) is 37.2 Å². The molecule has 0 radical (unpaired) electrons. The van der Waals surface area contributed by atoms with Crippen LogP contribution in [0, 0.1) is 0 Å². The molecule has 3 rings (SSSR count). The number of benzene rings is 1. The number of sulfone groups is 1. The van der Waals surface area contributed by atoms with Gasteiger partial charge in [-0.2, -0.15) is 0 Å².